The number of rotatable bonds is 3. The Morgan fingerprint density at radius 2 is 2.06 bits per heavy atom. The molecule has 0 saturated heterocycles. The van der Waals surface area contributed by atoms with Gasteiger partial charge in [0.15, 0.2) is 0 Å². The summed E-state index contributed by atoms with van der Waals surface area (Å²) in [6.07, 6.45) is 0.0632. The van der Waals surface area contributed by atoms with Crippen LogP contribution in [0.1, 0.15) is 31.2 Å². The number of aromatic nitrogens is 1. The molecule has 0 saturated carbocycles. The third kappa shape index (κ3) is 2.07. The summed E-state index contributed by atoms with van der Waals surface area (Å²) in [5.41, 5.74) is 3.31. The molecule has 1 aromatic carbocycles. The molecule has 1 heterocycles. The first-order valence-electron chi connectivity index (χ1n) is 5.70. The minimum atomic E-state index is 0.0632. The second-order valence-electron chi connectivity index (χ2n) is 3.98. The minimum absolute atomic E-state index is 0.0632. The van der Waals surface area contributed by atoms with Crippen LogP contribution in [-0.4, -0.2) is 11.6 Å². The maximum atomic E-state index is 5.57. The molecule has 0 N–H and O–H groups in total. The Balaban J connectivity index is 2.49. The Hall–Kier alpha value is -1.41. The van der Waals surface area contributed by atoms with E-state index in [0.717, 1.165) is 11.2 Å². The molecule has 0 radical (unpaired) electrons. The topological polar surface area (TPSA) is 22.1 Å². The van der Waals surface area contributed by atoms with Crippen molar-refractivity contribution in [1.29, 1.82) is 0 Å². The summed E-state index contributed by atoms with van der Waals surface area (Å²) in [6, 6.07) is 10.3. The zero-order chi connectivity index (χ0) is 11.5. The summed E-state index contributed by atoms with van der Waals surface area (Å²) in [6.45, 7) is 6.88. The molecule has 0 fully saturated rings. The average Bonchev–Trinajstić information content (AvgIpc) is 2.29. The van der Waals surface area contributed by atoms with Crippen LogP contribution in [0.4, 0.5) is 0 Å². The number of hydrogen-bond donors (Lipinski definition) is 0. The molecular formula is C14H17NO. The van der Waals surface area contributed by atoms with Crippen molar-refractivity contribution in [2.75, 3.05) is 6.61 Å². The molecule has 0 amide bonds. The highest BCUT2D eigenvalue weighted by atomic mass is 16.5. The number of pyridine rings is 1. The molecule has 2 aromatic rings. The summed E-state index contributed by atoms with van der Waals surface area (Å²) in [5.74, 6) is 0. The van der Waals surface area contributed by atoms with Crippen molar-refractivity contribution in [3.63, 3.8) is 0 Å². The fourth-order valence-electron chi connectivity index (χ4n) is 1.92. The van der Waals surface area contributed by atoms with Crippen molar-refractivity contribution in [3.8, 4) is 0 Å². The van der Waals surface area contributed by atoms with Gasteiger partial charge >= 0.3 is 0 Å². The van der Waals surface area contributed by atoms with Crippen LogP contribution in [0, 0.1) is 6.92 Å². The van der Waals surface area contributed by atoms with Crippen molar-refractivity contribution >= 4 is 10.9 Å². The van der Waals surface area contributed by atoms with Crippen molar-refractivity contribution in [3.05, 3.63) is 41.6 Å². The highest BCUT2D eigenvalue weighted by Gasteiger charge is 2.09. The lowest BCUT2D eigenvalue weighted by Gasteiger charge is -2.13. The number of aryl methyl sites for hydroxylation is 1. The van der Waals surface area contributed by atoms with E-state index in [1.807, 2.05) is 32.0 Å². The third-order valence-electron chi connectivity index (χ3n) is 2.78. The fourth-order valence-corrected chi connectivity index (χ4v) is 1.92. The van der Waals surface area contributed by atoms with Crippen molar-refractivity contribution in [2.24, 2.45) is 0 Å². The number of benzene rings is 1. The van der Waals surface area contributed by atoms with Gasteiger partial charge < -0.3 is 4.74 Å². The maximum absolute atomic E-state index is 5.57. The molecule has 2 nitrogen and oxygen atoms in total. The Morgan fingerprint density at radius 1 is 1.31 bits per heavy atom. The molecule has 2 heteroatoms. The summed E-state index contributed by atoms with van der Waals surface area (Å²) >= 11 is 0. The van der Waals surface area contributed by atoms with Gasteiger partial charge in [-0.1, -0.05) is 18.2 Å². The molecule has 0 aliphatic carbocycles. The molecule has 1 unspecified atom stereocenters. The Labute approximate surface area is 96.3 Å². The second-order valence-corrected chi connectivity index (χ2v) is 3.98. The van der Waals surface area contributed by atoms with Crippen LogP contribution in [0.25, 0.3) is 10.9 Å². The first kappa shape index (κ1) is 11.1. The van der Waals surface area contributed by atoms with Crippen LogP contribution in [0.2, 0.25) is 0 Å². The van der Waals surface area contributed by atoms with Gasteiger partial charge in [0.05, 0.1) is 17.3 Å². The molecule has 0 bridgehead atoms. The SMILES string of the molecule is CCOC(C)c1cc(C)c2ccccc2n1. The molecule has 2 rings (SSSR count). The number of para-hydroxylation sites is 1. The average molecular weight is 215 g/mol. The lowest BCUT2D eigenvalue weighted by Crippen LogP contribution is -2.03. The zero-order valence-corrected chi connectivity index (χ0v) is 10.0. The van der Waals surface area contributed by atoms with Gasteiger partial charge in [0.2, 0.25) is 0 Å². The predicted octanol–water partition coefficient (Wildman–Crippen LogP) is 3.64. The Morgan fingerprint density at radius 3 is 2.81 bits per heavy atom. The van der Waals surface area contributed by atoms with Gasteiger partial charge in [0.25, 0.3) is 0 Å². The summed E-state index contributed by atoms with van der Waals surface area (Å²) < 4.78 is 5.57. The van der Waals surface area contributed by atoms with E-state index in [1.54, 1.807) is 0 Å². The minimum Gasteiger partial charge on any atom is -0.372 e. The number of hydrogen-bond acceptors (Lipinski definition) is 2. The van der Waals surface area contributed by atoms with E-state index < -0.39 is 0 Å². The van der Waals surface area contributed by atoms with E-state index in [-0.39, 0.29) is 6.10 Å². The van der Waals surface area contributed by atoms with Crippen LogP contribution < -0.4 is 0 Å². The molecule has 16 heavy (non-hydrogen) atoms. The normalized spacial score (nSPS) is 12.9. The molecule has 1 atom stereocenters. The highest BCUT2D eigenvalue weighted by molar-refractivity contribution is 5.82. The molecular weight excluding hydrogens is 198 g/mol. The summed E-state index contributed by atoms with van der Waals surface area (Å²) in [7, 11) is 0. The number of fused-ring (bicyclic) bond motifs is 1. The van der Waals surface area contributed by atoms with E-state index in [1.165, 1.54) is 10.9 Å². The van der Waals surface area contributed by atoms with Crippen LogP contribution in [0.3, 0.4) is 0 Å². The molecule has 1 aromatic heterocycles. The molecule has 0 aliphatic rings. The Bertz CT molecular complexity index is 493. The van der Waals surface area contributed by atoms with E-state index in [9.17, 15) is 0 Å². The van der Waals surface area contributed by atoms with Gasteiger partial charge in [-0.25, -0.2) is 0 Å². The van der Waals surface area contributed by atoms with Crippen molar-refractivity contribution in [1.82, 2.24) is 4.98 Å². The zero-order valence-electron chi connectivity index (χ0n) is 10.0. The standard InChI is InChI=1S/C14H17NO/c1-4-16-11(3)14-9-10(2)12-7-5-6-8-13(12)15-14/h5-9,11H,4H2,1-3H3. The van der Waals surface area contributed by atoms with Crippen LogP contribution in [-0.2, 0) is 4.74 Å². The number of ether oxygens (including phenoxy) is 1. The summed E-state index contributed by atoms with van der Waals surface area (Å²) in [4.78, 5) is 4.63. The second kappa shape index (κ2) is 4.62. The van der Waals surface area contributed by atoms with Gasteiger partial charge in [-0.05, 0) is 38.5 Å². The lowest BCUT2D eigenvalue weighted by molar-refractivity contribution is 0.0735. The van der Waals surface area contributed by atoms with E-state index >= 15 is 0 Å². The summed E-state index contributed by atoms with van der Waals surface area (Å²) in [5, 5.41) is 1.22. The van der Waals surface area contributed by atoms with Crippen LogP contribution in [0.15, 0.2) is 30.3 Å². The van der Waals surface area contributed by atoms with Crippen molar-refractivity contribution < 1.29 is 4.74 Å². The first-order chi connectivity index (χ1) is 7.72. The van der Waals surface area contributed by atoms with Crippen LogP contribution >= 0.6 is 0 Å². The smallest absolute Gasteiger partial charge is 0.0966 e. The predicted molar refractivity (Wildman–Crippen MR) is 66.5 cm³/mol. The van der Waals surface area contributed by atoms with Gasteiger partial charge in [-0.2, -0.15) is 0 Å². The van der Waals surface area contributed by atoms with E-state index in [2.05, 4.69) is 24.0 Å². The van der Waals surface area contributed by atoms with Gasteiger partial charge in [-0.3, -0.25) is 4.98 Å². The molecule has 84 valence electrons. The largest absolute Gasteiger partial charge is 0.372 e. The van der Waals surface area contributed by atoms with Gasteiger partial charge in [-0.15, -0.1) is 0 Å². The molecule has 0 spiro atoms. The number of nitrogens with zero attached hydrogens (tertiary/aromatic N) is 1. The fraction of sp³-hybridized carbons (Fsp3) is 0.357. The van der Waals surface area contributed by atoms with E-state index in [4.69, 9.17) is 4.74 Å². The van der Waals surface area contributed by atoms with Crippen molar-refractivity contribution in [2.45, 2.75) is 26.9 Å². The van der Waals surface area contributed by atoms with Crippen LogP contribution in [0.5, 0.6) is 0 Å². The quantitative estimate of drug-likeness (QED) is 0.779. The monoisotopic (exact) mass is 215 g/mol. The highest BCUT2D eigenvalue weighted by Crippen LogP contribution is 2.22. The molecule has 0 aliphatic heterocycles. The first-order valence-corrected chi connectivity index (χ1v) is 5.70. The van der Waals surface area contributed by atoms with E-state index in [0.29, 0.717) is 6.61 Å². The van der Waals surface area contributed by atoms with Gasteiger partial charge in [0.1, 0.15) is 0 Å². The third-order valence-corrected chi connectivity index (χ3v) is 2.78. The lowest BCUT2D eigenvalue weighted by atomic mass is 10.1. The maximum Gasteiger partial charge on any atom is 0.0966 e. The Kier molecular flexibility index (Phi) is 3.20. The van der Waals surface area contributed by atoms with Gasteiger partial charge in [0, 0.05) is 12.0 Å².